The second-order valence-corrected chi connectivity index (χ2v) is 6.50. The molecule has 7 heteroatoms. The van der Waals surface area contributed by atoms with E-state index in [0.29, 0.717) is 41.4 Å². The van der Waals surface area contributed by atoms with Gasteiger partial charge in [-0.2, -0.15) is 0 Å². The molecule has 27 heavy (non-hydrogen) atoms. The fraction of sp³-hybridized carbons (Fsp3) is 0.400. The highest BCUT2D eigenvalue weighted by atomic mass is 16.7. The number of hydrogen-bond donors (Lipinski definition) is 2. The largest absolute Gasteiger partial charge is 0.462 e. The lowest BCUT2D eigenvalue weighted by Crippen LogP contribution is -2.34. The van der Waals surface area contributed by atoms with Gasteiger partial charge in [-0.1, -0.05) is 6.07 Å². The smallest absolute Gasteiger partial charge is 0.340 e. The minimum Gasteiger partial charge on any atom is -0.462 e. The molecule has 0 radical (unpaired) electrons. The summed E-state index contributed by atoms with van der Waals surface area (Å²) in [6.07, 6.45) is 0. The number of H-pyrrole nitrogens is 1. The van der Waals surface area contributed by atoms with E-state index in [2.05, 4.69) is 10.3 Å². The first-order valence-electron chi connectivity index (χ1n) is 8.94. The van der Waals surface area contributed by atoms with E-state index in [-0.39, 0.29) is 12.6 Å². The van der Waals surface area contributed by atoms with E-state index in [9.17, 15) is 9.59 Å². The number of fused-ring (bicyclic) bond motifs is 1. The summed E-state index contributed by atoms with van der Waals surface area (Å²) >= 11 is 0. The first-order chi connectivity index (χ1) is 12.9. The fourth-order valence-corrected chi connectivity index (χ4v) is 3.14. The lowest BCUT2D eigenvalue weighted by atomic mass is 10.0. The zero-order valence-electron chi connectivity index (χ0n) is 16.0. The summed E-state index contributed by atoms with van der Waals surface area (Å²) in [6.45, 7) is 8.11. The molecule has 0 bridgehead atoms. The van der Waals surface area contributed by atoms with Crippen molar-refractivity contribution in [3.05, 3.63) is 46.3 Å². The number of esters is 1. The Morgan fingerprint density at radius 3 is 2.74 bits per heavy atom. The maximum atomic E-state index is 12.8. The molecule has 0 spiro atoms. The van der Waals surface area contributed by atoms with Crippen LogP contribution in [0.25, 0.3) is 0 Å². The first kappa shape index (κ1) is 19.0. The third-order valence-corrected chi connectivity index (χ3v) is 4.61. The Hall–Kier alpha value is -2.80. The molecule has 1 aromatic carbocycles. The summed E-state index contributed by atoms with van der Waals surface area (Å²) in [5.41, 5.74) is 3.11. The zero-order valence-corrected chi connectivity index (χ0v) is 16.0. The van der Waals surface area contributed by atoms with Crippen LogP contribution in [0.3, 0.4) is 0 Å². The molecular formula is C20H24N2O5. The molecule has 144 valence electrons. The molecule has 1 unspecified atom stereocenters. The fourth-order valence-electron chi connectivity index (χ4n) is 3.14. The second-order valence-electron chi connectivity index (χ2n) is 6.50. The third-order valence-electron chi connectivity index (χ3n) is 4.61. The van der Waals surface area contributed by atoms with Crippen LogP contribution < -0.4 is 14.8 Å². The maximum Gasteiger partial charge on any atom is 0.340 e. The maximum absolute atomic E-state index is 12.8. The molecule has 0 saturated carbocycles. The van der Waals surface area contributed by atoms with Crippen LogP contribution in [0.15, 0.2) is 18.2 Å². The van der Waals surface area contributed by atoms with Gasteiger partial charge < -0.3 is 24.5 Å². The second kappa shape index (κ2) is 7.84. The van der Waals surface area contributed by atoms with Crippen molar-refractivity contribution < 1.29 is 23.8 Å². The Kier molecular flexibility index (Phi) is 5.51. The van der Waals surface area contributed by atoms with Crippen LogP contribution >= 0.6 is 0 Å². The van der Waals surface area contributed by atoms with Crippen LogP contribution in [-0.2, 0) is 11.3 Å². The molecule has 1 aliphatic rings. The average molecular weight is 372 g/mol. The van der Waals surface area contributed by atoms with E-state index < -0.39 is 12.0 Å². The van der Waals surface area contributed by atoms with Crippen LogP contribution in [-0.4, -0.2) is 36.2 Å². The number of hydrogen-bond acceptors (Lipinski definition) is 6. The molecule has 2 heterocycles. The molecule has 0 saturated heterocycles. The molecule has 1 aliphatic heterocycles. The van der Waals surface area contributed by atoms with Crippen LogP contribution in [0.1, 0.15) is 51.5 Å². The highest BCUT2D eigenvalue weighted by Crippen LogP contribution is 2.32. The van der Waals surface area contributed by atoms with Gasteiger partial charge in [-0.25, -0.2) is 4.79 Å². The summed E-state index contributed by atoms with van der Waals surface area (Å²) in [5, 5.41) is 3.22. The summed E-state index contributed by atoms with van der Waals surface area (Å²) in [6, 6.07) is 5.26. The van der Waals surface area contributed by atoms with Crippen LogP contribution in [0, 0.1) is 13.8 Å². The topological polar surface area (TPSA) is 89.7 Å². The molecule has 1 atom stereocenters. The standard InChI is InChI=1S/C20H24N2O5/c1-5-25-20(24)17-11(2)18(22-12(17)3)19(23)13(4)21-9-14-6-7-15-16(8-14)27-10-26-15/h6-8,13,21-22H,5,9-10H2,1-4H3. The van der Waals surface area contributed by atoms with Gasteiger partial charge in [0.1, 0.15) is 0 Å². The minimum atomic E-state index is -0.429. The predicted molar refractivity (Wildman–Crippen MR) is 99.4 cm³/mol. The van der Waals surface area contributed by atoms with Gasteiger partial charge in [-0.15, -0.1) is 0 Å². The number of benzene rings is 1. The summed E-state index contributed by atoms with van der Waals surface area (Å²) in [4.78, 5) is 28.0. The van der Waals surface area contributed by atoms with Crippen molar-refractivity contribution in [3.63, 3.8) is 0 Å². The Morgan fingerprint density at radius 2 is 2.00 bits per heavy atom. The predicted octanol–water partition coefficient (Wildman–Crippen LogP) is 2.90. The molecule has 0 fully saturated rings. The number of ketones is 1. The summed E-state index contributed by atoms with van der Waals surface area (Å²) in [7, 11) is 0. The molecule has 7 nitrogen and oxygen atoms in total. The Morgan fingerprint density at radius 1 is 1.26 bits per heavy atom. The van der Waals surface area contributed by atoms with Gasteiger partial charge in [-0.05, 0) is 51.0 Å². The number of aryl methyl sites for hydroxylation is 1. The average Bonchev–Trinajstić information content (AvgIpc) is 3.22. The van der Waals surface area contributed by atoms with Crippen molar-refractivity contribution in [3.8, 4) is 11.5 Å². The van der Waals surface area contributed by atoms with E-state index in [1.165, 1.54) is 0 Å². The number of ether oxygens (including phenoxy) is 3. The van der Waals surface area contributed by atoms with Gasteiger partial charge in [0, 0.05) is 12.2 Å². The molecular weight excluding hydrogens is 348 g/mol. The van der Waals surface area contributed by atoms with Gasteiger partial charge in [0.2, 0.25) is 6.79 Å². The number of nitrogens with one attached hydrogen (secondary N) is 2. The van der Waals surface area contributed by atoms with E-state index >= 15 is 0 Å². The Balaban J connectivity index is 1.68. The van der Waals surface area contributed by atoms with Gasteiger partial charge in [0.25, 0.3) is 0 Å². The van der Waals surface area contributed by atoms with Gasteiger partial charge >= 0.3 is 5.97 Å². The highest BCUT2D eigenvalue weighted by Gasteiger charge is 2.25. The summed E-state index contributed by atoms with van der Waals surface area (Å²) in [5.74, 6) is 0.922. The van der Waals surface area contributed by atoms with Crippen molar-refractivity contribution in [1.29, 1.82) is 0 Å². The third kappa shape index (κ3) is 3.83. The van der Waals surface area contributed by atoms with E-state index in [1.807, 2.05) is 18.2 Å². The van der Waals surface area contributed by atoms with Crippen LogP contribution in [0.2, 0.25) is 0 Å². The summed E-state index contributed by atoms with van der Waals surface area (Å²) < 4.78 is 15.7. The highest BCUT2D eigenvalue weighted by molar-refractivity contribution is 6.03. The Labute approximate surface area is 158 Å². The molecule has 2 N–H and O–H groups in total. The number of aromatic nitrogens is 1. The number of aromatic amines is 1. The monoisotopic (exact) mass is 372 g/mol. The SMILES string of the molecule is CCOC(=O)c1c(C)[nH]c(C(=O)C(C)NCc2ccc3c(c2)OCO3)c1C. The van der Waals surface area contributed by atoms with Crippen molar-refractivity contribution >= 4 is 11.8 Å². The lowest BCUT2D eigenvalue weighted by molar-refractivity contribution is 0.0525. The van der Waals surface area contributed by atoms with Crippen molar-refractivity contribution in [2.24, 2.45) is 0 Å². The van der Waals surface area contributed by atoms with Crippen molar-refractivity contribution in [1.82, 2.24) is 10.3 Å². The van der Waals surface area contributed by atoms with Crippen LogP contribution in [0.4, 0.5) is 0 Å². The van der Waals surface area contributed by atoms with E-state index in [4.69, 9.17) is 14.2 Å². The van der Waals surface area contributed by atoms with Crippen molar-refractivity contribution in [2.45, 2.75) is 40.3 Å². The molecule has 2 aromatic rings. The molecule has 3 rings (SSSR count). The van der Waals surface area contributed by atoms with Gasteiger partial charge in [-0.3, -0.25) is 4.79 Å². The Bertz CT molecular complexity index is 871. The van der Waals surface area contributed by atoms with Gasteiger partial charge in [0.05, 0.1) is 23.9 Å². The molecule has 0 amide bonds. The zero-order chi connectivity index (χ0) is 19.6. The number of carbonyl (C=O) groups excluding carboxylic acids is 2. The number of Topliss-reactive ketones (excluding diaryl/α,β-unsaturated/α-hetero) is 1. The normalized spacial score (nSPS) is 13.5. The van der Waals surface area contributed by atoms with Crippen LogP contribution in [0.5, 0.6) is 11.5 Å². The lowest BCUT2D eigenvalue weighted by Gasteiger charge is -2.13. The van der Waals surface area contributed by atoms with Gasteiger partial charge in [0.15, 0.2) is 17.3 Å². The number of rotatable bonds is 7. The van der Waals surface area contributed by atoms with E-state index in [1.54, 1.807) is 27.7 Å². The minimum absolute atomic E-state index is 0.105. The van der Waals surface area contributed by atoms with E-state index in [0.717, 1.165) is 11.3 Å². The number of carbonyl (C=O) groups is 2. The quantitative estimate of drug-likeness (QED) is 0.574. The van der Waals surface area contributed by atoms with Crippen molar-refractivity contribution in [2.75, 3.05) is 13.4 Å². The molecule has 1 aromatic heterocycles. The molecule has 0 aliphatic carbocycles. The first-order valence-corrected chi connectivity index (χ1v) is 8.94.